The fraction of sp³-hybridized carbons (Fsp3) is 0.667. The third-order valence-electron chi connectivity index (χ3n) is 5.13. The van der Waals surface area contributed by atoms with Gasteiger partial charge < -0.3 is 15.9 Å². The first-order chi connectivity index (χ1) is 11.5. The lowest BCUT2D eigenvalue weighted by atomic mass is 9.75. The predicted molar refractivity (Wildman–Crippen MR) is 101 cm³/mol. The van der Waals surface area contributed by atoms with E-state index in [4.69, 9.17) is 10.6 Å². The van der Waals surface area contributed by atoms with Gasteiger partial charge in [0.2, 0.25) is 0 Å². The van der Waals surface area contributed by atoms with E-state index in [2.05, 4.69) is 42.2 Å². The van der Waals surface area contributed by atoms with Crippen LogP contribution in [0.5, 0.6) is 0 Å². The Morgan fingerprint density at radius 1 is 1.50 bits per heavy atom. The standard InChI is InChI=1S/C18H28N4OS/c1-5-13-6-14-17(24-13)11(2)10-23-18(14)7-12(3)21-15(8-18)16(22-19)9-20-4/h6,9,11-12,15,21H,5,7-8,10,19H2,1-4H3/t11?,12-,15-,18-/m0/s1. The van der Waals surface area contributed by atoms with Crippen molar-refractivity contribution in [2.45, 2.75) is 63.6 Å². The number of piperidine rings is 1. The van der Waals surface area contributed by atoms with Gasteiger partial charge in [0.25, 0.3) is 0 Å². The Morgan fingerprint density at radius 2 is 2.29 bits per heavy atom. The van der Waals surface area contributed by atoms with Gasteiger partial charge in [-0.1, -0.05) is 13.8 Å². The van der Waals surface area contributed by atoms with E-state index < -0.39 is 0 Å². The number of aliphatic imine (C=N–C) groups is 1. The van der Waals surface area contributed by atoms with E-state index in [1.165, 1.54) is 15.3 Å². The summed E-state index contributed by atoms with van der Waals surface area (Å²) in [6.45, 7) is 7.48. The topological polar surface area (TPSA) is 72.0 Å². The molecule has 1 spiro atoms. The molecule has 1 fully saturated rings. The fourth-order valence-electron chi connectivity index (χ4n) is 4.03. The molecule has 132 valence electrons. The van der Waals surface area contributed by atoms with Gasteiger partial charge in [-0.3, -0.25) is 4.99 Å². The van der Waals surface area contributed by atoms with Gasteiger partial charge in [0.05, 0.1) is 24.0 Å². The van der Waals surface area contributed by atoms with Crippen LogP contribution in [-0.2, 0) is 16.8 Å². The van der Waals surface area contributed by atoms with Gasteiger partial charge in [0.15, 0.2) is 0 Å². The van der Waals surface area contributed by atoms with E-state index in [9.17, 15) is 0 Å². The summed E-state index contributed by atoms with van der Waals surface area (Å²) in [4.78, 5) is 7.05. The maximum atomic E-state index is 6.50. The van der Waals surface area contributed by atoms with Gasteiger partial charge in [-0.25, -0.2) is 0 Å². The van der Waals surface area contributed by atoms with Gasteiger partial charge in [-0.2, -0.15) is 5.10 Å². The highest BCUT2D eigenvalue weighted by Crippen LogP contribution is 2.49. The van der Waals surface area contributed by atoms with E-state index >= 15 is 0 Å². The second-order valence-corrected chi connectivity index (χ2v) is 8.19. The number of aryl methyl sites for hydroxylation is 1. The lowest BCUT2D eigenvalue weighted by Crippen LogP contribution is -2.56. The number of nitrogens with zero attached hydrogens (tertiary/aromatic N) is 2. The predicted octanol–water partition coefficient (Wildman–Crippen LogP) is 2.80. The van der Waals surface area contributed by atoms with Crippen molar-refractivity contribution in [1.82, 2.24) is 5.32 Å². The van der Waals surface area contributed by atoms with Crippen LogP contribution in [0.25, 0.3) is 0 Å². The second kappa shape index (κ2) is 6.94. The summed E-state index contributed by atoms with van der Waals surface area (Å²) < 4.78 is 6.50. The van der Waals surface area contributed by atoms with Crippen molar-refractivity contribution in [2.24, 2.45) is 15.9 Å². The van der Waals surface area contributed by atoms with Crippen LogP contribution in [0.3, 0.4) is 0 Å². The first kappa shape index (κ1) is 17.6. The average Bonchev–Trinajstić information content (AvgIpc) is 3.02. The molecule has 3 N–H and O–H groups in total. The number of hydrogen-bond acceptors (Lipinski definition) is 6. The van der Waals surface area contributed by atoms with Crippen molar-refractivity contribution >= 4 is 23.3 Å². The Labute approximate surface area is 148 Å². The summed E-state index contributed by atoms with van der Waals surface area (Å²) in [5.41, 5.74) is 1.95. The van der Waals surface area contributed by atoms with Crippen LogP contribution in [0.15, 0.2) is 16.2 Å². The van der Waals surface area contributed by atoms with Crippen molar-refractivity contribution in [2.75, 3.05) is 13.7 Å². The van der Waals surface area contributed by atoms with E-state index in [0.29, 0.717) is 12.0 Å². The van der Waals surface area contributed by atoms with Crippen LogP contribution >= 0.6 is 11.3 Å². The Hall–Kier alpha value is -1.24. The minimum Gasteiger partial charge on any atom is -0.369 e. The molecule has 0 amide bonds. The van der Waals surface area contributed by atoms with Crippen LogP contribution in [0.1, 0.15) is 54.8 Å². The third-order valence-corrected chi connectivity index (χ3v) is 6.64. The molecule has 24 heavy (non-hydrogen) atoms. The molecule has 6 heteroatoms. The van der Waals surface area contributed by atoms with E-state index in [1.54, 1.807) is 13.3 Å². The summed E-state index contributed by atoms with van der Waals surface area (Å²) in [5.74, 6) is 6.09. The second-order valence-electron chi connectivity index (χ2n) is 7.02. The highest BCUT2D eigenvalue weighted by molar-refractivity contribution is 7.12. The number of hydrazone groups is 1. The molecule has 1 unspecified atom stereocenters. The summed E-state index contributed by atoms with van der Waals surface area (Å²) in [6.07, 6.45) is 4.65. The first-order valence-electron chi connectivity index (χ1n) is 8.76. The molecule has 0 saturated carbocycles. The minimum atomic E-state index is -0.237. The lowest BCUT2D eigenvalue weighted by molar-refractivity contribution is -0.0979. The summed E-state index contributed by atoms with van der Waals surface area (Å²) in [7, 11) is 1.75. The summed E-state index contributed by atoms with van der Waals surface area (Å²) >= 11 is 1.96. The summed E-state index contributed by atoms with van der Waals surface area (Å²) in [6, 6.07) is 2.77. The average molecular weight is 349 g/mol. The highest BCUT2D eigenvalue weighted by Gasteiger charge is 2.47. The molecular formula is C18H28N4OS. The number of hydrogen-bond donors (Lipinski definition) is 2. The molecule has 0 radical (unpaired) electrons. The number of fused-ring (bicyclic) bond motifs is 2. The molecule has 2 aliphatic heterocycles. The van der Waals surface area contributed by atoms with Crippen molar-refractivity contribution in [3.63, 3.8) is 0 Å². The molecule has 5 nitrogen and oxygen atoms in total. The molecule has 4 atom stereocenters. The number of thiophene rings is 1. The lowest BCUT2D eigenvalue weighted by Gasteiger charge is -2.47. The summed E-state index contributed by atoms with van der Waals surface area (Å²) in [5, 5.41) is 7.57. The Kier molecular flexibility index (Phi) is 5.08. The van der Waals surface area contributed by atoms with Crippen molar-refractivity contribution < 1.29 is 4.74 Å². The number of nitrogens with one attached hydrogen (secondary N) is 1. The SMILES string of the molecule is CCc1cc2c(s1)C(C)CO[C@@]21C[C@@H](C(C=NC)=NN)N[C@@H](C)C1. The minimum absolute atomic E-state index is 0.0636. The maximum absolute atomic E-state index is 6.50. The van der Waals surface area contributed by atoms with E-state index in [1.807, 2.05) is 11.3 Å². The van der Waals surface area contributed by atoms with Crippen LogP contribution in [0, 0.1) is 0 Å². The molecule has 0 bridgehead atoms. The van der Waals surface area contributed by atoms with Crippen molar-refractivity contribution in [1.29, 1.82) is 0 Å². The zero-order valence-electron chi connectivity index (χ0n) is 15.0. The maximum Gasteiger partial charge on any atom is 0.0975 e. The molecule has 0 aliphatic carbocycles. The number of ether oxygens (including phenoxy) is 1. The number of rotatable bonds is 3. The van der Waals surface area contributed by atoms with Crippen LogP contribution in [0.2, 0.25) is 0 Å². The van der Waals surface area contributed by atoms with Gasteiger partial charge in [-0.15, -0.1) is 11.3 Å². The first-order valence-corrected chi connectivity index (χ1v) is 9.57. The van der Waals surface area contributed by atoms with Crippen LogP contribution in [-0.4, -0.2) is 37.7 Å². The zero-order valence-corrected chi connectivity index (χ0v) is 15.8. The monoisotopic (exact) mass is 348 g/mol. The van der Waals surface area contributed by atoms with Gasteiger partial charge in [0.1, 0.15) is 0 Å². The molecule has 2 aliphatic rings. The van der Waals surface area contributed by atoms with Crippen LogP contribution < -0.4 is 11.2 Å². The normalized spacial score (nSPS) is 34.0. The smallest absolute Gasteiger partial charge is 0.0975 e. The molecular weight excluding hydrogens is 320 g/mol. The zero-order chi connectivity index (χ0) is 17.3. The Balaban J connectivity index is 2.00. The van der Waals surface area contributed by atoms with Gasteiger partial charge in [-0.05, 0) is 31.4 Å². The molecule has 1 aromatic rings. The van der Waals surface area contributed by atoms with Gasteiger partial charge >= 0.3 is 0 Å². The Bertz CT molecular complexity index is 653. The van der Waals surface area contributed by atoms with Crippen molar-refractivity contribution in [3.8, 4) is 0 Å². The number of nitrogens with two attached hydrogens (primary N) is 1. The molecule has 1 saturated heterocycles. The van der Waals surface area contributed by atoms with E-state index in [-0.39, 0.29) is 11.6 Å². The fourth-order valence-corrected chi connectivity index (χ4v) is 5.26. The third kappa shape index (κ3) is 3.03. The molecule has 3 heterocycles. The molecule has 0 aromatic carbocycles. The molecule has 1 aromatic heterocycles. The van der Waals surface area contributed by atoms with Crippen LogP contribution in [0.4, 0.5) is 0 Å². The van der Waals surface area contributed by atoms with E-state index in [0.717, 1.165) is 31.6 Å². The molecule has 3 rings (SSSR count). The quantitative estimate of drug-likeness (QED) is 0.501. The highest BCUT2D eigenvalue weighted by atomic mass is 32.1. The van der Waals surface area contributed by atoms with Crippen molar-refractivity contribution in [3.05, 3.63) is 21.4 Å². The Morgan fingerprint density at radius 3 is 2.96 bits per heavy atom. The largest absolute Gasteiger partial charge is 0.369 e. The van der Waals surface area contributed by atoms with Gasteiger partial charge in [0, 0.05) is 41.4 Å².